The molecule has 0 aromatic heterocycles. The molecule has 0 atom stereocenters. The fourth-order valence-corrected chi connectivity index (χ4v) is 2.92. The fraction of sp³-hybridized carbons (Fsp3) is 0.625. The first-order valence-corrected chi connectivity index (χ1v) is 7.19. The molecular weight excluding hydrogens is 268 g/mol. The Morgan fingerprint density at radius 1 is 1.10 bits per heavy atom. The summed E-state index contributed by atoms with van der Waals surface area (Å²) >= 11 is 0. The van der Waals surface area contributed by atoms with Crippen LogP contribution in [0.25, 0.3) is 0 Å². The van der Waals surface area contributed by atoms with E-state index in [0.29, 0.717) is 0 Å². The van der Waals surface area contributed by atoms with E-state index < -0.39 is 0 Å². The molecule has 1 fully saturated rings. The predicted octanol–water partition coefficient (Wildman–Crippen LogP) is 3.77. The first kappa shape index (κ1) is 15.8. The molecule has 1 heterocycles. The van der Waals surface area contributed by atoms with Gasteiger partial charge >= 0.3 is 0 Å². The van der Waals surface area contributed by atoms with Gasteiger partial charge in [0.25, 0.3) is 5.69 Å². The predicted molar refractivity (Wildman–Crippen MR) is 83.8 cm³/mol. The number of hydrogen-bond acceptors (Lipinski definition) is 4. The second kappa shape index (κ2) is 4.70. The number of nitrogens with zero attached hydrogens (tertiary/aromatic N) is 2. The van der Waals surface area contributed by atoms with E-state index in [-0.39, 0.29) is 27.4 Å². The maximum absolute atomic E-state index is 10.8. The summed E-state index contributed by atoms with van der Waals surface area (Å²) in [7, 11) is 0. The number of morpholine rings is 1. The van der Waals surface area contributed by atoms with Gasteiger partial charge in [-0.1, -0.05) is 0 Å². The molecule has 116 valence electrons. The van der Waals surface area contributed by atoms with Crippen LogP contribution in [0.5, 0.6) is 0 Å². The molecule has 1 aromatic rings. The summed E-state index contributed by atoms with van der Waals surface area (Å²) < 4.78 is 6.24. The van der Waals surface area contributed by atoms with Gasteiger partial charge in [0.05, 0.1) is 21.7 Å². The highest BCUT2D eigenvalue weighted by Crippen LogP contribution is 2.43. The van der Waals surface area contributed by atoms with Crippen LogP contribution in [-0.4, -0.2) is 28.2 Å². The number of rotatable bonds is 2. The van der Waals surface area contributed by atoms with Crippen molar-refractivity contribution >= 4 is 11.4 Å². The van der Waals surface area contributed by atoms with Crippen molar-refractivity contribution < 1.29 is 9.66 Å². The minimum Gasteiger partial charge on any atom is -0.365 e. The number of anilines is 1. The van der Waals surface area contributed by atoms with Gasteiger partial charge in [0.2, 0.25) is 0 Å². The zero-order valence-corrected chi connectivity index (χ0v) is 13.6. The topological polar surface area (TPSA) is 55.6 Å². The summed E-state index contributed by atoms with van der Waals surface area (Å²) in [5, 5.41) is 10.8. The van der Waals surface area contributed by atoms with Crippen molar-refractivity contribution in [3.8, 4) is 0 Å². The molecule has 2 rings (SSSR count). The SMILES string of the molecule is CC1(C)CN(c2ccc([N+](=O)[O-])cc2)C(C)(C)C(C)(C)O1. The lowest BCUT2D eigenvalue weighted by Gasteiger charge is -2.59. The monoisotopic (exact) mass is 292 g/mol. The first-order chi connectivity index (χ1) is 9.46. The Hall–Kier alpha value is -1.62. The number of ether oxygens (including phenoxy) is 1. The van der Waals surface area contributed by atoms with E-state index in [9.17, 15) is 10.1 Å². The highest BCUT2D eigenvalue weighted by molar-refractivity contribution is 5.54. The van der Waals surface area contributed by atoms with Gasteiger partial charge in [-0.3, -0.25) is 10.1 Å². The average Bonchev–Trinajstić information content (AvgIpc) is 2.33. The van der Waals surface area contributed by atoms with Crippen molar-refractivity contribution in [3.05, 3.63) is 34.4 Å². The van der Waals surface area contributed by atoms with Crippen molar-refractivity contribution in [2.45, 2.75) is 58.3 Å². The third-order valence-electron chi connectivity index (χ3n) is 4.59. The van der Waals surface area contributed by atoms with Crippen LogP contribution >= 0.6 is 0 Å². The summed E-state index contributed by atoms with van der Waals surface area (Å²) in [5.41, 5.74) is 0.258. The molecule has 0 amide bonds. The molecule has 0 saturated carbocycles. The molecule has 1 aliphatic heterocycles. The Kier molecular flexibility index (Phi) is 3.53. The Morgan fingerprint density at radius 3 is 2.10 bits per heavy atom. The van der Waals surface area contributed by atoms with Crippen LogP contribution in [0.3, 0.4) is 0 Å². The number of benzene rings is 1. The lowest BCUT2D eigenvalue weighted by Crippen LogP contribution is -2.69. The molecule has 5 nitrogen and oxygen atoms in total. The van der Waals surface area contributed by atoms with Gasteiger partial charge in [-0.05, 0) is 53.7 Å². The third-order valence-corrected chi connectivity index (χ3v) is 4.59. The zero-order valence-electron chi connectivity index (χ0n) is 13.6. The van der Waals surface area contributed by atoms with Crippen LogP contribution in [0.1, 0.15) is 41.5 Å². The maximum Gasteiger partial charge on any atom is 0.269 e. The molecule has 1 aromatic carbocycles. The van der Waals surface area contributed by atoms with E-state index in [2.05, 4.69) is 46.4 Å². The number of nitro groups is 1. The van der Waals surface area contributed by atoms with E-state index in [1.54, 1.807) is 12.1 Å². The number of nitro benzene ring substituents is 1. The Labute approximate surface area is 126 Å². The van der Waals surface area contributed by atoms with Crippen molar-refractivity contribution in [3.63, 3.8) is 0 Å². The average molecular weight is 292 g/mol. The second-order valence-electron chi connectivity index (χ2n) is 7.29. The summed E-state index contributed by atoms with van der Waals surface area (Å²) in [6.45, 7) is 13.3. The van der Waals surface area contributed by atoms with Crippen molar-refractivity contribution in [2.24, 2.45) is 0 Å². The standard InChI is InChI=1S/C16H24N2O3/c1-14(2)11-17(15(3,4)16(5,6)21-14)12-7-9-13(10-8-12)18(19)20/h7-10H,11H2,1-6H3. The second-order valence-corrected chi connectivity index (χ2v) is 7.29. The van der Waals surface area contributed by atoms with Gasteiger partial charge in [-0.2, -0.15) is 0 Å². The summed E-state index contributed by atoms with van der Waals surface area (Å²) in [6, 6.07) is 6.75. The van der Waals surface area contributed by atoms with Gasteiger partial charge in [0.1, 0.15) is 0 Å². The van der Waals surface area contributed by atoms with E-state index in [1.807, 2.05) is 12.1 Å². The minimum atomic E-state index is -0.373. The first-order valence-electron chi connectivity index (χ1n) is 7.19. The molecule has 0 aliphatic carbocycles. The lowest BCUT2D eigenvalue weighted by molar-refractivity contribution is -0.384. The fourth-order valence-electron chi connectivity index (χ4n) is 2.92. The van der Waals surface area contributed by atoms with Gasteiger partial charge in [0, 0.05) is 24.4 Å². The number of non-ortho nitro benzene ring substituents is 1. The van der Waals surface area contributed by atoms with Gasteiger partial charge in [0.15, 0.2) is 0 Å². The summed E-state index contributed by atoms with van der Waals surface area (Å²) in [4.78, 5) is 12.7. The minimum absolute atomic E-state index is 0.114. The molecule has 0 bridgehead atoms. The van der Waals surface area contributed by atoms with Crippen LogP contribution in [0, 0.1) is 10.1 Å². The quantitative estimate of drug-likeness (QED) is 0.615. The summed E-state index contributed by atoms with van der Waals surface area (Å²) in [5.74, 6) is 0. The Bertz CT molecular complexity index is 547. The molecule has 0 spiro atoms. The summed E-state index contributed by atoms with van der Waals surface area (Å²) in [6.07, 6.45) is 0. The number of hydrogen-bond donors (Lipinski definition) is 0. The molecule has 5 heteroatoms. The van der Waals surface area contributed by atoms with Crippen LogP contribution in [0.15, 0.2) is 24.3 Å². The Morgan fingerprint density at radius 2 is 1.62 bits per heavy atom. The van der Waals surface area contributed by atoms with Crippen LogP contribution in [-0.2, 0) is 4.74 Å². The van der Waals surface area contributed by atoms with Crippen LogP contribution < -0.4 is 4.90 Å². The Balaban J connectivity index is 2.42. The molecule has 1 saturated heterocycles. The smallest absolute Gasteiger partial charge is 0.269 e. The van der Waals surface area contributed by atoms with Crippen LogP contribution in [0.4, 0.5) is 11.4 Å². The van der Waals surface area contributed by atoms with Crippen molar-refractivity contribution in [1.29, 1.82) is 0 Å². The largest absolute Gasteiger partial charge is 0.365 e. The highest BCUT2D eigenvalue weighted by Gasteiger charge is 2.51. The van der Waals surface area contributed by atoms with Gasteiger partial charge in [-0.15, -0.1) is 0 Å². The lowest BCUT2D eigenvalue weighted by atomic mass is 9.79. The van der Waals surface area contributed by atoms with E-state index >= 15 is 0 Å². The molecular formula is C16H24N2O3. The van der Waals surface area contributed by atoms with Gasteiger partial charge in [-0.25, -0.2) is 0 Å². The maximum atomic E-state index is 10.8. The molecule has 0 radical (unpaired) electrons. The van der Waals surface area contributed by atoms with E-state index in [0.717, 1.165) is 12.2 Å². The zero-order chi connectivity index (χ0) is 16.1. The molecule has 0 unspecified atom stereocenters. The highest BCUT2D eigenvalue weighted by atomic mass is 16.6. The van der Waals surface area contributed by atoms with Crippen molar-refractivity contribution in [1.82, 2.24) is 0 Å². The molecule has 1 aliphatic rings. The van der Waals surface area contributed by atoms with E-state index in [1.165, 1.54) is 0 Å². The van der Waals surface area contributed by atoms with Crippen LogP contribution in [0.2, 0.25) is 0 Å². The third kappa shape index (κ3) is 2.75. The molecule has 0 N–H and O–H groups in total. The van der Waals surface area contributed by atoms with E-state index in [4.69, 9.17) is 4.74 Å². The van der Waals surface area contributed by atoms with Crippen molar-refractivity contribution in [2.75, 3.05) is 11.4 Å². The van der Waals surface area contributed by atoms with Gasteiger partial charge < -0.3 is 9.64 Å². The molecule has 21 heavy (non-hydrogen) atoms. The normalized spacial score (nSPS) is 22.9.